The van der Waals surface area contributed by atoms with Crippen LogP contribution in [0.1, 0.15) is 0 Å². The summed E-state index contributed by atoms with van der Waals surface area (Å²) in [6.07, 6.45) is 0. The lowest BCUT2D eigenvalue weighted by Gasteiger charge is -1.93. The van der Waals surface area contributed by atoms with Gasteiger partial charge in [0.05, 0.1) is 8.84 Å². The average Bonchev–Trinajstić information content (AvgIpc) is 2.49. The molecular weight excluding hydrogens is 410 g/mol. The van der Waals surface area contributed by atoms with Crippen LogP contribution in [0.3, 0.4) is 0 Å². The van der Waals surface area contributed by atoms with Crippen LogP contribution < -0.4 is 9.79 Å². The highest BCUT2D eigenvalue weighted by Crippen LogP contribution is 2.15. The Morgan fingerprint density at radius 3 is 2.57 bits per heavy atom. The van der Waals surface area contributed by atoms with E-state index in [1.807, 2.05) is 46.9 Å². The Labute approximate surface area is 107 Å². The first-order chi connectivity index (χ1) is 6.70. The van der Waals surface area contributed by atoms with Crippen molar-refractivity contribution < 1.29 is 14.3 Å². The van der Waals surface area contributed by atoms with E-state index in [0.29, 0.717) is 3.70 Å². The minimum Gasteiger partial charge on any atom is -0.538 e. The van der Waals surface area contributed by atoms with Crippen molar-refractivity contribution in [3.8, 4) is 11.6 Å². The topological polar surface area (TPSA) is 53.0 Å². The first kappa shape index (κ1) is 10.1. The van der Waals surface area contributed by atoms with E-state index in [1.165, 1.54) is 4.68 Å². The summed E-state index contributed by atoms with van der Waals surface area (Å²) < 4.78 is 7.51. The second-order valence-electron chi connectivity index (χ2n) is 2.51. The molecule has 0 N–H and O–H groups in total. The van der Waals surface area contributed by atoms with Gasteiger partial charge in [-0.3, -0.25) is 0 Å². The lowest BCUT2D eigenvalue weighted by molar-refractivity contribution is -0.683. The molecule has 0 fully saturated rings. The number of benzene rings is 1. The molecule has 1 aromatic carbocycles. The van der Waals surface area contributed by atoms with E-state index in [-0.39, 0.29) is 0 Å². The summed E-state index contributed by atoms with van der Waals surface area (Å²) in [6.45, 7) is 0. The van der Waals surface area contributed by atoms with Gasteiger partial charge in [0.2, 0.25) is 0 Å². The molecule has 0 aliphatic heterocycles. The molecule has 0 atom stereocenters. The maximum atomic E-state index is 11.1. The van der Waals surface area contributed by atoms with Gasteiger partial charge in [0.15, 0.2) is 5.95 Å². The van der Waals surface area contributed by atoms with E-state index >= 15 is 0 Å². The van der Waals surface area contributed by atoms with Gasteiger partial charge >= 0.3 is 0 Å². The van der Waals surface area contributed by atoms with Crippen molar-refractivity contribution in [1.29, 1.82) is 0 Å². The Balaban J connectivity index is 2.60. The smallest absolute Gasteiger partial charge is 0.298 e. The Bertz CT molecular complexity index is 470. The largest absolute Gasteiger partial charge is 0.538 e. The first-order valence-electron chi connectivity index (χ1n) is 3.69. The van der Waals surface area contributed by atoms with Crippen LogP contribution in [0.25, 0.3) is 5.69 Å². The fourth-order valence-corrected chi connectivity index (χ4v) is 2.07. The molecule has 0 aliphatic rings. The van der Waals surface area contributed by atoms with Crippen molar-refractivity contribution in [3.05, 3.63) is 31.5 Å². The highest BCUT2D eigenvalue weighted by molar-refractivity contribution is 14.1. The van der Waals surface area contributed by atoms with Crippen molar-refractivity contribution >= 4 is 45.2 Å². The van der Waals surface area contributed by atoms with Gasteiger partial charge in [0.25, 0.3) is 9.39 Å². The monoisotopic (exact) mass is 414 g/mol. The third-order valence-electron chi connectivity index (χ3n) is 1.64. The normalized spacial score (nSPS) is 10.4. The van der Waals surface area contributed by atoms with Crippen LogP contribution in [0.2, 0.25) is 0 Å². The molecule has 0 saturated heterocycles. The summed E-state index contributed by atoms with van der Waals surface area (Å²) in [5.74, 6) is -0.412. The lowest BCUT2D eigenvalue weighted by atomic mass is 10.3. The van der Waals surface area contributed by atoms with Crippen molar-refractivity contribution in [3.63, 3.8) is 0 Å². The second-order valence-corrected chi connectivity index (χ2v) is 4.70. The number of aromatic nitrogens is 2. The Hall–Kier alpha value is -0.380. The minimum atomic E-state index is -0.412. The molecule has 14 heavy (non-hydrogen) atoms. The van der Waals surface area contributed by atoms with Gasteiger partial charge in [0.1, 0.15) is 0 Å². The quantitative estimate of drug-likeness (QED) is 0.522. The third-order valence-corrected chi connectivity index (χ3v) is 3.45. The summed E-state index contributed by atoms with van der Waals surface area (Å²) in [6, 6.07) is 7.64. The molecule has 4 nitrogen and oxygen atoms in total. The van der Waals surface area contributed by atoms with Crippen LogP contribution in [-0.4, -0.2) is 5.27 Å². The molecule has 0 spiro atoms. The van der Waals surface area contributed by atoms with Gasteiger partial charge in [0, 0.05) is 28.7 Å². The SMILES string of the molecule is [O-]c1on[n+](-c2ccccc2I)c1I. The van der Waals surface area contributed by atoms with Crippen molar-refractivity contribution in [2.24, 2.45) is 0 Å². The van der Waals surface area contributed by atoms with E-state index in [0.717, 1.165) is 9.26 Å². The molecular formula is C8H4I2N2O2. The number of hydrogen-bond acceptors (Lipinski definition) is 3. The van der Waals surface area contributed by atoms with Gasteiger partial charge in [-0.25, -0.2) is 0 Å². The number of para-hydroxylation sites is 1. The van der Waals surface area contributed by atoms with Gasteiger partial charge in [-0.1, -0.05) is 12.1 Å². The second kappa shape index (κ2) is 4.01. The molecule has 0 unspecified atom stereocenters. The van der Waals surface area contributed by atoms with Gasteiger partial charge in [-0.15, -0.1) is 0 Å². The van der Waals surface area contributed by atoms with Crippen molar-refractivity contribution in [1.82, 2.24) is 5.27 Å². The number of nitrogens with zero attached hydrogens (tertiary/aromatic N) is 2. The highest BCUT2D eigenvalue weighted by atomic mass is 127. The third kappa shape index (κ3) is 1.72. The Morgan fingerprint density at radius 1 is 1.29 bits per heavy atom. The number of rotatable bonds is 1. The predicted molar refractivity (Wildman–Crippen MR) is 62.9 cm³/mol. The molecule has 1 aromatic heterocycles. The van der Waals surface area contributed by atoms with Crippen molar-refractivity contribution in [2.45, 2.75) is 0 Å². The van der Waals surface area contributed by atoms with E-state index in [1.54, 1.807) is 0 Å². The minimum absolute atomic E-state index is 0.412. The zero-order chi connectivity index (χ0) is 10.1. The van der Waals surface area contributed by atoms with Crippen LogP contribution in [0.4, 0.5) is 0 Å². The zero-order valence-electron chi connectivity index (χ0n) is 6.78. The molecule has 72 valence electrons. The maximum absolute atomic E-state index is 11.1. The fourth-order valence-electron chi connectivity index (χ4n) is 1.01. The summed E-state index contributed by atoms with van der Waals surface area (Å²) in [5.41, 5.74) is 0.850. The van der Waals surface area contributed by atoms with E-state index in [2.05, 4.69) is 32.4 Å². The van der Waals surface area contributed by atoms with Gasteiger partial charge in [-0.2, -0.15) is 0 Å². The molecule has 0 aliphatic carbocycles. The van der Waals surface area contributed by atoms with Gasteiger partial charge < -0.3 is 9.63 Å². The van der Waals surface area contributed by atoms with E-state index < -0.39 is 5.95 Å². The Morgan fingerprint density at radius 2 is 2.00 bits per heavy atom. The summed E-state index contributed by atoms with van der Waals surface area (Å²) in [7, 11) is 0. The summed E-state index contributed by atoms with van der Waals surface area (Å²) in [4.78, 5) is 0. The molecule has 0 saturated carbocycles. The van der Waals surface area contributed by atoms with Crippen LogP contribution >= 0.6 is 45.2 Å². The van der Waals surface area contributed by atoms with E-state index in [9.17, 15) is 5.11 Å². The molecule has 2 aromatic rings. The Kier molecular flexibility index (Phi) is 2.91. The maximum Gasteiger partial charge on any atom is 0.298 e. The molecule has 0 bridgehead atoms. The molecule has 0 amide bonds. The number of hydrogen-bond donors (Lipinski definition) is 0. The average molecular weight is 414 g/mol. The zero-order valence-corrected chi connectivity index (χ0v) is 11.1. The molecule has 0 radical (unpaired) electrons. The standard InChI is InChI=1S/C8H4I2N2O2/c9-5-3-1-2-4-6(5)12-7(10)8(13)14-11-12/h1-4H. The van der Waals surface area contributed by atoms with Crippen LogP contribution in [0.5, 0.6) is 5.95 Å². The molecule has 2 rings (SSSR count). The van der Waals surface area contributed by atoms with Crippen LogP contribution in [0.15, 0.2) is 28.8 Å². The summed E-state index contributed by atoms with van der Waals surface area (Å²) in [5, 5.41) is 14.7. The lowest BCUT2D eigenvalue weighted by Crippen LogP contribution is -2.36. The van der Waals surface area contributed by atoms with Crippen LogP contribution in [-0.2, 0) is 0 Å². The predicted octanol–water partition coefficient (Wildman–Crippen LogP) is 1.23. The number of halogens is 2. The fraction of sp³-hybridized carbons (Fsp3) is 0. The highest BCUT2D eigenvalue weighted by Gasteiger charge is 2.19. The molecule has 6 heteroatoms. The van der Waals surface area contributed by atoms with E-state index in [4.69, 9.17) is 0 Å². The molecule has 1 heterocycles. The first-order valence-corrected chi connectivity index (χ1v) is 5.85. The van der Waals surface area contributed by atoms with Crippen molar-refractivity contribution in [2.75, 3.05) is 0 Å². The summed E-state index contributed by atoms with van der Waals surface area (Å²) >= 11 is 4.09. The van der Waals surface area contributed by atoms with Gasteiger partial charge in [-0.05, 0) is 33.3 Å². The van der Waals surface area contributed by atoms with Crippen LogP contribution in [0, 0.1) is 7.27 Å².